The molecule has 0 aliphatic heterocycles. The number of benzene rings is 1. The average Bonchev–Trinajstić information content (AvgIpc) is 2.35. The summed E-state index contributed by atoms with van der Waals surface area (Å²) in [5, 5.41) is 11.4. The van der Waals surface area contributed by atoms with Gasteiger partial charge in [0.2, 0.25) is 5.91 Å². The van der Waals surface area contributed by atoms with Crippen molar-refractivity contribution in [1.29, 1.82) is 0 Å². The SMILES string of the molecule is CCC(CC(=O)O)NC(=O)CCc1cccc(N)c1. The van der Waals surface area contributed by atoms with Crippen molar-refractivity contribution in [3.8, 4) is 0 Å². The smallest absolute Gasteiger partial charge is 0.305 e. The highest BCUT2D eigenvalue weighted by atomic mass is 16.4. The van der Waals surface area contributed by atoms with Crippen LogP contribution in [-0.2, 0) is 16.0 Å². The summed E-state index contributed by atoms with van der Waals surface area (Å²) in [7, 11) is 0. The van der Waals surface area contributed by atoms with E-state index < -0.39 is 5.97 Å². The number of carboxylic acid groups (broad SMARTS) is 1. The van der Waals surface area contributed by atoms with Gasteiger partial charge in [-0.3, -0.25) is 9.59 Å². The van der Waals surface area contributed by atoms with E-state index in [1.165, 1.54) is 0 Å². The monoisotopic (exact) mass is 264 g/mol. The molecule has 0 aliphatic rings. The number of nitrogens with one attached hydrogen (secondary N) is 1. The lowest BCUT2D eigenvalue weighted by Gasteiger charge is -2.14. The largest absolute Gasteiger partial charge is 0.481 e. The molecular formula is C14H20N2O3. The van der Waals surface area contributed by atoms with E-state index in [0.717, 1.165) is 5.56 Å². The Bertz CT molecular complexity index is 446. The first-order valence-corrected chi connectivity index (χ1v) is 6.36. The zero-order chi connectivity index (χ0) is 14.3. The molecule has 1 unspecified atom stereocenters. The molecule has 1 rings (SSSR count). The zero-order valence-electron chi connectivity index (χ0n) is 11.1. The van der Waals surface area contributed by atoms with Gasteiger partial charge >= 0.3 is 5.97 Å². The van der Waals surface area contributed by atoms with Gasteiger partial charge in [0.25, 0.3) is 0 Å². The summed E-state index contributed by atoms with van der Waals surface area (Å²) in [6.45, 7) is 1.85. The van der Waals surface area contributed by atoms with Crippen LogP contribution in [0.4, 0.5) is 5.69 Å². The molecule has 5 heteroatoms. The summed E-state index contributed by atoms with van der Waals surface area (Å²) in [6, 6.07) is 7.09. The highest BCUT2D eigenvalue weighted by Crippen LogP contribution is 2.09. The van der Waals surface area contributed by atoms with Crippen LogP contribution in [0.25, 0.3) is 0 Å². The van der Waals surface area contributed by atoms with Crippen LogP contribution < -0.4 is 11.1 Å². The summed E-state index contributed by atoms with van der Waals surface area (Å²) in [4.78, 5) is 22.3. The van der Waals surface area contributed by atoms with Crippen molar-refractivity contribution in [2.24, 2.45) is 0 Å². The van der Waals surface area contributed by atoms with Crippen molar-refractivity contribution >= 4 is 17.6 Å². The summed E-state index contributed by atoms with van der Waals surface area (Å²) in [6.07, 6.45) is 1.50. The summed E-state index contributed by atoms with van der Waals surface area (Å²) in [5.74, 6) is -1.03. The fraction of sp³-hybridized carbons (Fsp3) is 0.429. The molecule has 0 bridgehead atoms. The van der Waals surface area contributed by atoms with Crippen molar-refractivity contribution in [2.45, 2.75) is 38.6 Å². The molecule has 4 N–H and O–H groups in total. The number of rotatable bonds is 7. The maximum absolute atomic E-state index is 11.7. The van der Waals surface area contributed by atoms with Gasteiger partial charge in [-0.05, 0) is 30.5 Å². The third-order valence-corrected chi connectivity index (χ3v) is 2.87. The fourth-order valence-electron chi connectivity index (χ4n) is 1.81. The molecule has 0 radical (unpaired) electrons. The van der Waals surface area contributed by atoms with E-state index in [-0.39, 0.29) is 18.4 Å². The van der Waals surface area contributed by atoms with Crippen LogP contribution in [0.3, 0.4) is 0 Å². The summed E-state index contributed by atoms with van der Waals surface area (Å²) in [5.41, 5.74) is 7.33. The van der Waals surface area contributed by atoms with Gasteiger partial charge in [-0.1, -0.05) is 19.1 Å². The first-order valence-electron chi connectivity index (χ1n) is 6.36. The van der Waals surface area contributed by atoms with E-state index in [1.54, 1.807) is 6.07 Å². The predicted molar refractivity (Wildman–Crippen MR) is 73.6 cm³/mol. The molecule has 0 spiro atoms. The van der Waals surface area contributed by atoms with Crippen molar-refractivity contribution in [3.63, 3.8) is 0 Å². The second kappa shape index (κ2) is 7.41. The van der Waals surface area contributed by atoms with E-state index in [1.807, 2.05) is 25.1 Å². The molecule has 1 amide bonds. The van der Waals surface area contributed by atoms with Crippen molar-refractivity contribution in [1.82, 2.24) is 5.32 Å². The van der Waals surface area contributed by atoms with Crippen LogP contribution in [0.15, 0.2) is 24.3 Å². The van der Waals surface area contributed by atoms with Gasteiger partial charge in [0.15, 0.2) is 0 Å². The Labute approximate surface area is 112 Å². The molecular weight excluding hydrogens is 244 g/mol. The molecule has 19 heavy (non-hydrogen) atoms. The maximum atomic E-state index is 11.7. The van der Waals surface area contributed by atoms with Crippen molar-refractivity contribution in [2.75, 3.05) is 5.73 Å². The number of aliphatic carboxylic acids is 1. The number of nitrogen functional groups attached to an aromatic ring is 1. The second-order valence-electron chi connectivity index (χ2n) is 4.52. The van der Waals surface area contributed by atoms with Gasteiger partial charge in [0.1, 0.15) is 0 Å². The van der Waals surface area contributed by atoms with Gasteiger partial charge in [0.05, 0.1) is 6.42 Å². The molecule has 5 nitrogen and oxygen atoms in total. The molecule has 0 aromatic heterocycles. The number of hydrogen-bond donors (Lipinski definition) is 3. The summed E-state index contributed by atoms with van der Waals surface area (Å²) < 4.78 is 0. The van der Waals surface area contributed by atoms with Crippen molar-refractivity contribution < 1.29 is 14.7 Å². The van der Waals surface area contributed by atoms with Gasteiger partial charge in [-0.2, -0.15) is 0 Å². The van der Waals surface area contributed by atoms with Gasteiger partial charge in [-0.15, -0.1) is 0 Å². The number of amides is 1. The Morgan fingerprint density at radius 1 is 1.42 bits per heavy atom. The minimum Gasteiger partial charge on any atom is -0.481 e. The molecule has 1 aromatic rings. The fourth-order valence-corrected chi connectivity index (χ4v) is 1.81. The van der Waals surface area contributed by atoms with E-state index in [4.69, 9.17) is 10.8 Å². The lowest BCUT2D eigenvalue weighted by atomic mass is 10.1. The number of carboxylic acids is 1. The average molecular weight is 264 g/mol. The van der Waals surface area contributed by atoms with E-state index in [2.05, 4.69) is 5.32 Å². The maximum Gasteiger partial charge on any atom is 0.305 e. The normalized spacial score (nSPS) is 11.8. The molecule has 0 saturated carbocycles. The number of hydrogen-bond acceptors (Lipinski definition) is 3. The van der Waals surface area contributed by atoms with E-state index in [9.17, 15) is 9.59 Å². The van der Waals surface area contributed by atoms with Crippen LogP contribution in [0.1, 0.15) is 31.7 Å². The Hall–Kier alpha value is -2.04. The molecule has 0 fully saturated rings. The minimum atomic E-state index is -0.900. The second-order valence-corrected chi connectivity index (χ2v) is 4.52. The third-order valence-electron chi connectivity index (χ3n) is 2.87. The standard InChI is InChI=1S/C14H20N2O3/c1-2-12(9-14(18)19)16-13(17)7-6-10-4-3-5-11(15)8-10/h3-5,8,12H,2,6-7,9,15H2,1H3,(H,16,17)(H,18,19). The lowest BCUT2D eigenvalue weighted by Crippen LogP contribution is -2.36. The molecule has 0 aliphatic carbocycles. The molecule has 1 atom stereocenters. The highest BCUT2D eigenvalue weighted by Gasteiger charge is 2.13. The molecule has 0 heterocycles. The van der Waals surface area contributed by atoms with Crippen LogP contribution in [0.2, 0.25) is 0 Å². The summed E-state index contributed by atoms with van der Waals surface area (Å²) >= 11 is 0. The first-order chi connectivity index (χ1) is 9.01. The molecule has 0 saturated heterocycles. The highest BCUT2D eigenvalue weighted by molar-refractivity contribution is 5.77. The van der Waals surface area contributed by atoms with Crippen LogP contribution in [0.5, 0.6) is 0 Å². The van der Waals surface area contributed by atoms with E-state index in [0.29, 0.717) is 24.9 Å². The number of anilines is 1. The number of aryl methyl sites for hydroxylation is 1. The van der Waals surface area contributed by atoms with E-state index >= 15 is 0 Å². The number of nitrogens with two attached hydrogens (primary N) is 1. The Morgan fingerprint density at radius 3 is 2.74 bits per heavy atom. The van der Waals surface area contributed by atoms with Crippen molar-refractivity contribution in [3.05, 3.63) is 29.8 Å². The Kier molecular flexibility index (Phi) is 5.85. The van der Waals surface area contributed by atoms with Crippen LogP contribution in [-0.4, -0.2) is 23.0 Å². The Morgan fingerprint density at radius 2 is 2.16 bits per heavy atom. The van der Waals surface area contributed by atoms with Gasteiger partial charge < -0.3 is 16.2 Å². The van der Waals surface area contributed by atoms with Crippen LogP contribution in [0, 0.1) is 0 Å². The number of carbonyl (C=O) groups excluding carboxylic acids is 1. The predicted octanol–water partition coefficient (Wildman–Crippen LogP) is 1.57. The molecule has 1 aromatic carbocycles. The zero-order valence-corrected chi connectivity index (χ0v) is 11.1. The van der Waals surface area contributed by atoms with Crippen LogP contribution >= 0.6 is 0 Å². The Balaban J connectivity index is 2.40. The first kappa shape index (κ1) is 15.0. The quantitative estimate of drug-likeness (QED) is 0.652. The van der Waals surface area contributed by atoms with Gasteiger partial charge in [0, 0.05) is 18.2 Å². The minimum absolute atomic E-state index is 0.0411. The third kappa shape index (κ3) is 5.90. The number of carbonyl (C=O) groups is 2. The lowest BCUT2D eigenvalue weighted by molar-refractivity contribution is -0.137. The topological polar surface area (TPSA) is 92.4 Å². The van der Waals surface area contributed by atoms with Gasteiger partial charge in [-0.25, -0.2) is 0 Å². The molecule has 104 valence electrons.